The number of hydrogen-bond donors (Lipinski definition) is 2. The van der Waals surface area contributed by atoms with E-state index in [9.17, 15) is 8.42 Å². The largest absolute Gasteiger partial charge is 0.384 e. The highest BCUT2D eigenvalue weighted by atomic mass is 32.2. The van der Waals surface area contributed by atoms with Gasteiger partial charge in [-0.05, 0) is 26.0 Å². The summed E-state index contributed by atoms with van der Waals surface area (Å²) >= 11 is 1.41. The summed E-state index contributed by atoms with van der Waals surface area (Å²) in [5, 5.41) is 8.11. The van der Waals surface area contributed by atoms with Crippen LogP contribution in [-0.4, -0.2) is 25.4 Å². The van der Waals surface area contributed by atoms with Gasteiger partial charge in [-0.1, -0.05) is 11.8 Å². The van der Waals surface area contributed by atoms with E-state index in [2.05, 4.69) is 16.6 Å². The molecular formula is C11H15NO3S2. The molecule has 0 bridgehead atoms. The molecule has 0 fully saturated rings. The molecule has 0 radical (unpaired) electrons. The lowest BCUT2D eigenvalue weighted by atomic mass is 10.4. The van der Waals surface area contributed by atoms with E-state index < -0.39 is 15.3 Å². The lowest BCUT2D eigenvalue weighted by Gasteiger charge is -2.07. The Balaban J connectivity index is 2.62. The summed E-state index contributed by atoms with van der Waals surface area (Å²) in [4.78, 5) is 1.72. The van der Waals surface area contributed by atoms with Gasteiger partial charge in [-0.3, -0.25) is 0 Å². The van der Waals surface area contributed by atoms with Gasteiger partial charge in [-0.15, -0.1) is 11.3 Å². The summed E-state index contributed by atoms with van der Waals surface area (Å²) in [6, 6.07) is 3.64. The van der Waals surface area contributed by atoms with Crippen molar-refractivity contribution in [3.05, 3.63) is 21.9 Å². The van der Waals surface area contributed by atoms with Crippen LogP contribution >= 0.6 is 11.3 Å². The third-order valence-corrected chi connectivity index (χ3v) is 4.81. The zero-order valence-electron chi connectivity index (χ0n) is 9.73. The van der Waals surface area contributed by atoms with E-state index in [1.54, 1.807) is 13.8 Å². The van der Waals surface area contributed by atoms with Gasteiger partial charge in [0.2, 0.25) is 10.0 Å². The maximum absolute atomic E-state index is 11.5. The minimum Gasteiger partial charge on any atom is -0.384 e. The Bertz CT molecular complexity index is 520. The smallest absolute Gasteiger partial charge is 0.214 e. The summed E-state index contributed by atoms with van der Waals surface area (Å²) in [6.07, 6.45) is 0. The number of thiophene rings is 1. The van der Waals surface area contributed by atoms with Crippen molar-refractivity contribution < 1.29 is 13.5 Å². The average molecular weight is 273 g/mol. The van der Waals surface area contributed by atoms with E-state index in [4.69, 9.17) is 5.11 Å². The SMILES string of the molecule is CC(C)S(=O)(=O)NCc1ccc(C#CCO)s1. The predicted octanol–water partition coefficient (Wildman–Crippen LogP) is 0.920. The van der Waals surface area contributed by atoms with Crippen LogP contribution in [0.4, 0.5) is 0 Å². The summed E-state index contributed by atoms with van der Waals surface area (Å²) in [5.74, 6) is 5.32. The number of hydrogen-bond acceptors (Lipinski definition) is 4. The highest BCUT2D eigenvalue weighted by molar-refractivity contribution is 7.90. The van der Waals surface area contributed by atoms with Crippen molar-refractivity contribution in [2.75, 3.05) is 6.61 Å². The van der Waals surface area contributed by atoms with E-state index in [0.29, 0.717) is 0 Å². The molecule has 0 aromatic carbocycles. The fourth-order valence-electron chi connectivity index (χ4n) is 1.01. The third kappa shape index (κ3) is 4.48. The van der Waals surface area contributed by atoms with E-state index >= 15 is 0 Å². The topological polar surface area (TPSA) is 66.4 Å². The second-order valence-electron chi connectivity index (χ2n) is 3.64. The Morgan fingerprint density at radius 1 is 1.47 bits per heavy atom. The molecule has 1 aromatic heterocycles. The average Bonchev–Trinajstić information content (AvgIpc) is 2.71. The molecule has 0 aliphatic carbocycles. The Hall–Kier alpha value is -0.870. The molecule has 0 spiro atoms. The predicted molar refractivity (Wildman–Crippen MR) is 69.2 cm³/mol. The van der Waals surface area contributed by atoms with Crippen LogP contribution in [0.1, 0.15) is 23.6 Å². The summed E-state index contributed by atoms with van der Waals surface area (Å²) < 4.78 is 25.6. The summed E-state index contributed by atoms with van der Waals surface area (Å²) in [7, 11) is -3.22. The first-order valence-electron chi connectivity index (χ1n) is 5.12. The van der Waals surface area contributed by atoms with Crippen molar-refractivity contribution in [3.63, 3.8) is 0 Å². The molecule has 2 N–H and O–H groups in total. The van der Waals surface area contributed by atoms with Crippen molar-refractivity contribution in [1.29, 1.82) is 0 Å². The molecule has 0 aliphatic heterocycles. The molecule has 94 valence electrons. The van der Waals surface area contributed by atoms with Gasteiger partial charge < -0.3 is 5.11 Å². The molecule has 1 aromatic rings. The van der Waals surface area contributed by atoms with Gasteiger partial charge in [0.25, 0.3) is 0 Å². The van der Waals surface area contributed by atoms with Crippen molar-refractivity contribution >= 4 is 21.4 Å². The third-order valence-electron chi connectivity index (χ3n) is 2.02. The minimum absolute atomic E-state index is 0.173. The van der Waals surface area contributed by atoms with Crippen LogP contribution in [0, 0.1) is 11.8 Å². The second-order valence-corrected chi connectivity index (χ2v) is 7.13. The van der Waals surface area contributed by atoms with Crippen LogP contribution in [0.3, 0.4) is 0 Å². The van der Waals surface area contributed by atoms with Crippen molar-refractivity contribution in [1.82, 2.24) is 4.72 Å². The maximum Gasteiger partial charge on any atom is 0.214 e. The van der Waals surface area contributed by atoms with Gasteiger partial charge in [0, 0.05) is 11.4 Å². The summed E-state index contributed by atoms with van der Waals surface area (Å²) in [5.41, 5.74) is 0. The molecule has 1 heterocycles. The first kappa shape index (κ1) is 14.2. The fraction of sp³-hybridized carbons (Fsp3) is 0.455. The zero-order chi connectivity index (χ0) is 12.9. The van der Waals surface area contributed by atoms with Crippen LogP contribution < -0.4 is 4.72 Å². The molecule has 0 saturated carbocycles. The van der Waals surface area contributed by atoms with Crippen LogP contribution in [-0.2, 0) is 16.6 Å². The highest BCUT2D eigenvalue weighted by Crippen LogP contribution is 2.15. The molecule has 0 atom stereocenters. The van der Waals surface area contributed by atoms with Crippen molar-refractivity contribution in [2.45, 2.75) is 25.6 Å². The number of nitrogens with one attached hydrogen (secondary N) is 1. The quantitative estimate of drug-likeness (QED) is 0.802. The molecule has 6 heteroatoms. The van der Waals surface area contributed by atoms with Gasteiger partial charge in [0.05, 0.1) is 10.1 Å². The molecule has 0 amide bonds. The van der Waals surface area contributed by atoms with Gasteiger partial charge in [0.1, 0.15) is 6.61 Å². The van der Waals surface area contributed by atoms with Gasteiger partial charge in [0.15, 0.2) is 0 Å². The van der Waals surface area contributed by atoms with Gasteiger partial charge in [-0.2, -0.15) is 0 Å². The highest BCUT2D eigenvalue weighted by Gasteiger charge is 2.15. The number of sulfonamides is 1. The molecule has 17 heavy (non-hydrogen) atoms. The van der Waals surface area contributed by atoms with Crippen LogP contribution in [0.2, 0.25) is 0 Å². The first-order valence-corrected chi connectivity index (χ1v) is 7.49. The number of aliphatic hydroxyl groups excluding tert-OH is 1. The standard InChI is InChI=1S/C11H15NO3S2/c1-9(2)17(14,15)12-8-11-6-5-10(16-11)4-3-7-13/h5-6,9,12-13H,7-8H2,1-2H3. The molecule has 4 nitrogen and oxygen atoms in total. The summed E-state index contributed by atoms with van der Waals surface area (Å²) in [6.45, 7) is 3.38. The van der Waals surface area contributed by atoms with E-state index in [-0.39, 0.29) is 13.2 Å². The molecule has 0 aliphatic rings. The van der Waals surface area contributed by atoms with E-state index in [1.807, 2.05) is 12.1 Å². The van der Waals surface area contributed by atoms with Crippen molar-refractivity contribution in [3.8, 4) is 11.8 Å². The molecule has 1 rings (SSSR count). The maximum atomic E-state index is 11.5. The lowest BCUT2D eigenvalue weighted by molar-refractivity contribution is 0.350. The first-order chi connectivity index (χ1) is 7.95. The fourth-order valence-corrected chi connectivity index (χ4v) is 2.61. The zero-order valence-corrected chi connectivity index (χ0v) is 11.4. The Morgan fingerprint density at radius 2 is 2.18 bits per heavy atom. The van der Waals surface area contributed by atoms with Crippen LogP contribution in [0.5, 0.6) is 0 Å². The monoisotopic (exact) mass is 273 g/mol. The lowest BCUT2D eigenvalue weighted by Crippen LogP contribution is -2.29. The Kier molecular flexibility index (Phi) is 5.15. The van der Waals surface area contributed by atoms with Gasteiger partial charge in [-0.25, -0.2) is 13.1 Å². The number of aliphatic hydroxyl groups is 1. The van der Waals surface area contributed by atoms with Crippen molar-refractivity contribution in [2.24, 2.45) is 0 Å². The Labute approximate surface area is 106 Å². The molecular weight excluding hydrogens is 258 g/mol. The second kappa shape index (κ2) is 6.17. The van der Waals surface area contributed by atoms with E-state index in [0.717, 1.165) is 9.75 Å². The minimum atomic E-state index is -3.22. The Morgan fingerprint density at radius 3 is 2.76 bits per heavy atom. The van der Waals surface area contributed by atoms with Crippen LogP contribution in [0.15, 0.2) is 12.1 Å². The van der Waals surface area contributed by atoms with Crippen LogP contribution in [0.25, 0.3) is 0 Å². The molecule has 0 unspecified atom stereocenters. The molecule has 0 saturated heterocycles. The number of rotatable bonds is 4. The van der Waals surface area contributed by atoms with E-state index in [1.165, 1.54) is 11.3 Å². The van der Waals surface area contributed by atoms with Gasteiger partial charge >= 0.3 is 0 Å². The normalized spacial score (nSPS) is 11.3.